The van der Waals surface area contributed by atoms with Crippen molar-refractivity contribution in [1.82, 2.24) is 14.9 Å². The summed E-state index contributed by atoms with van der Waals surface area (Å²) < 4.78 is 67.5. The molecule has 10 nitrogen and oxygen atoms in total. The molecule has 3 N–H and O–H groups in total. The van der Waals surface area contributed by atoms with Gasteiger partial charge >= 0.3 is 18.2 Å². The summed E-state index contributed by atoms with van der Waals surface area (Å²) in [5, 5.41) is 12.8. The Morgan fingerprint density at radius 2 is 1.88 bits per heavy atom. The third-order valence-electron chi connectivity index (χ3n) is 4.64. The van der Waals surface area contributed by atoms with Gasteiger partial charge in [-0.2, -0.15) is 17.5 Å². The molecule has 14 heteroatoms. The molecule has 1 aromatic carbocycles. The number of alkyl halides is 3. The predicted octanol–water partition coefficient (Wildman–Crippen LogP) is 0.359. The van der Waals surface area contributed by atoms with Gasteiger partial charge in [-0.3, -0.25) is 14.9 Å². The Hall–Kier alpha value is -2.71. The van der Waals surface area contributed by atoms with E-state index >= 15 is 0 Å². The van der Waals surface area contributed by atoms with E-state index in [2.05, 4.69) is 0 Å². The number of carbonyl (C=O) groups is 3. The summed E-state index contributed by atoms with van der Waals surface area (Å²) in [6.45, 7) is 0.420. The van der Waals surface area contributed by atoms with Crippen LogP contribution >= 0.6 is 0 Å². The number of rotatable bonds is 6. The third-order valence-corrected chi connectivity index (χ3v) is 6.51. The number of aliphatic hydroxyl groups is 1. The molecule has 1 aliphatic rings. The Labute approximate surface area is 181 Å². The summed E-state index contributed by atoms with van der Waals surface area (Å²) in [6.07, 6.45) is -6.12. The number of amides is 3. The molecule has 1 fully saturated rings. The molecular formula is C18H22F3N3O7S. The molecule has 32 heavy (non-hydrogen) atoms. The molecule has 0 aliphatic carbocycles. The number of carbonyl (C=O) groups excluding carboxylic acids is 3. The van der Waals surface area contributed by atoms with Gasteiger partial charge in [-0.25, -0.2) is 13.2 Å². The van der Waals surface area contributed by atoms with Crippen molar-refractivity contribution in [1.29, 1.82) is 0 Å². The van der Waals surface area contributed by atoms with Crippen molar-refractivity contribution >= 4 is 27.9 Å². The van der Waals surface area contributed by atoms with Gasteiger partial charge in [0.25, 0.3) is 5.91 Å². The van der Waals surface area contributed by atoms with Crippen molar-refractivity contribution in [3.8, 4) is 0 Å². The van der Waals surface area contributed by atoms with Crippen molar-refractivity contribution < 1.29 is 45.8 Å². The van der Waals surface area contributed by atoms with E-state index < -0.39 is 59.4 Å². The molecule has 178 valence electrons. The van der Waals surface area contributed by atoms with Crippen molar-refractivity contribution in [3.05, 3.63) is 29.3 Å². The number of nitrogens with one attached hydrogen (secondary N) is 2. The molecule has 1 aliphatic heterocycles. The minimum absolute atomic E-state index is 0.0911. The van der Waals surface area contributed by atoms with E-state index in [1.165, 1.54) is 22.8 Å². The Bertz CT molecular complexity index is 998. The number of hydrogen-bond acceptors (Lipinski definition) is 7. The molecule has 0 aromatic heterocycles. The molecule has 1 unspecified atom stereocenters. The minimum Gasteiger partial charge on any atom is -0.454 e. The van der Waals surface area contributed by atoms with Crippen molar-refractivity contribution in [2.45, 2.75) is 43.5 Å². The van der Waals surface area contributed by atoms with E-state index in [4.69, 9.17) is 4.74 Å². The second-order valence-electron chi connectivity index (χ2n) is 7.18. The number of aryl methyl sites for hydroxylation is 2. The fourth-order valence-electron chi connectivity index (χ4n) is 2.89. The number of halogens is 3. The molecule has 0 spiro atoms. The zero-order valence-corrected chi connectivity index (χ0v) is 17.9. The average molecular weight is 481 g/mol. The lowest BCUT2D eigenvalue weighted by Crippen LogP contribution is -2.46. The molecule has 1 aromatic rings. The number of esters is 1. The van der Waals surface area contributed by atoms with Crippen LogP contribution in [-0.4, -0.2) is 73.8 Å². The Kier molecular flexibility index (Phi) is 7.85. The minimum atomic E-state index is -4.68. The van der Waals surface area contributed by atoms with Gasteiger partial charge in [-0.15, -0.1) is 0 Å². The number of sulfonamides is 1. The van der Waals surface area contributed by atoms with E-state index in [1.807, 2.05) is 0 Å². The fraction of sp³-hybridized carbons (Fsp3) is 0.500. The summed E-state index contributed by atoms with van der Waals surface area (Å²) in [6, 6.07) is 1.50. The topological polar surface area (TPSA) is 142 Å². The zero-order chi connectivity index (χ0) is 24.3. The van der Waals surface area contributed by atoms with Crippen LogP contribution in [0.1, 0.15) is 17.5 Å². The number of β-amino-alcohol motifs (C(OH)–C–C–N with tert-alkyl or cyclic N) is 1. The van der Waals surface area contributed by atoms with Gasteiger partial charge in [-0.05, 0) is 37.1 Å². The maximum atomic E-state index is 13.0. The fourth-order valence-corrected chi connectivity index (χ4v) is 4.61. The van der Waals surface area contributed by atoms with Gasteiger partial charge in [-0.1, -0.05) is 6.07 Å². The lowest BCUT2D eigenvalue weighted by atomic mass is 10.1. The summed E-state index contributed by atoms with van der Waals surface area (Å²) in [4.78, 5) is 35.1. The van der Waals surface area contributed by atoms with Gasteiger partial charge < -0.3 is 15.2 Å². The van der Waals surface area contributed by atoms with Gasteiger partial charge in [0, 0.05) is 13.0 Å². The van der Waals surface area contributed by atoms with Crippen LogP contribution in [0.25, 0.3) is 0 Å². The van der Waals surface area contributed by atoms with E-state index in [0.29, 0.717) is 5.56 Å². The van der Waals surface area contributed by atoms with Crippen LogP contribution in [0, 0.1) is 13.8 Å². The highest BCUT2D eigenvalue weighted by atomic mass is 32.2. The van der Waals surface area contributed by atoms with Crippen LogP contribution < -0.4 is 10.6 Å². The number of hydrogen-bond donors (Lipinski definition) is 3. The molecule has 0 radical (unpaired) electrons. The molecule has 0 bridgehead atoms. The van der Waals surface area contributed by atoms with Crippen molar-refractivity contribution in [2.24, 2.45) is 0 Å². The summed E-state index contributed by atoms with van der Waals surface area (Å²) in [5.41, 5.74) is 1.55. The van der Waals surface area contributed by atoms with Crippen LogP contribution in [0.3, 0.4) is 0 Å². The highest BCUT2D eigenvalue weighted by Crippen LogP contribution is 2.28. The first-order chi connectivity index (χ1) is 14.7. The number of nitrogens with zero attached hydrogens (tertiary/aromatic N) is 1. The SMILES string of the molecule is Cc1ccc(S(=O)(=O)N2CC(O)C[C@H]2C(=O)OCC(=O)NC(=O)NCC(F)(F)F)cc1C. The molecule has 2 rings (SSSR count). The smallest absolute Gasteiger partial charge is 0.405 e. The second-order valence-corrected chi connectivity index (χ2v) is 9.07. The summed E-state index contributed by atoms with van der Waals surface area (Å²) in [5.74, 6) is -2.38. The quantitative estimate of drug-likeness (QED) is 0.498. The van der Waals surface area contributed by atoms with E-state index in [0.717, 1.165) is 9.87 Å². The van der Waals surface area contributed by atoms with Gasteiger partial charge in [0.1, 0.15) is 12.6 Å². The van der Waals surface area contributed by atoms with Crippen LogP contribution in [0.2, 0.25) is 0 Å². The Balaban J connectivity index is 2.01. The summed E-state index contributed by atoms with van der Waals surface area (Å²) >= 11 is 0. The van der Waals surface area contributed by atoms with Gasteiger partial charge in [0.05, 0.1) is 11.0 Å². The first-order valence-electron chi connectivity index (χ1n) is 9.29. The molecule has 1 heterocycles. The lowest BCUT2D eigenvalue weighted by Gasteiger charge is -2.22. The highest BCUT2D eigenvalue weighted by molar-refractivity contribution is 7.89. The largest absolute Gasteiger partial charge is 0.454 e. The predicted molar refractivity (Wildman–Crippen MR) is 103 cm³/mol. The van der Waals surface area contributed by atoms with Crippen molar-refractivity contribution in [3.63, 3.8) is 0 Å². The van der Waals surface area contributed by atoms with Crippen molar-refractivity contribution in [2.75, 3.05) is 19.7 Å². The Morgan fingerprint density at radius 3 is 2.47 bits per heavy atom. The maximum absolute atomic E-state index is 13.0. The molecule has 1 saturated heterocycles. The number of urea groups is 1. The van der Waals surface area contributed by atoms with Crippen LogP contribution in [0.15, 0.2) is 23.1 Å². The standard InChI is InChI=1S/C18H22F3N3O7S/c1-10-3-4-13(5-11(10)2)32(29,30)24-7-12(25)6-14(24)16(27)31-8-15(26)23-17(28)22-9-18(19,20)21/h3-5,12,14,25H,6-9H2,1-2H3,(H2,22,23,26,28)/t12?,14-/m0/s1. The molecule has 3 amide bonds. The normalized spacial score (nSPS) is 19.4. The van der Waals surface area contributed by atoms with E-state index in [-0.39, 0.29) is 17.9 Å². The Morgan fingerprint density at radius 1 is 1.22 bits per heavy atom. The maximum Gasteiger partial charge on any atom is 0.405 e. The molecule has 0 saturated carbocycles. The van der Waals surface area contributed by atoms with E-state index in [1.54, 1.807) is 19.9 Å². The van der Waals surface area contributed by atoms with Crippen LogP contribution in [0.5, 0.6) is 0 Å². The monoisotopic (exact) mass is 481 g/mol. The molecule has 2 atom stereocenters. The van der Waals surface area contributed by atoms with E-state index in [9.17, 15) is 41.1 Å². The zero-order valence-electron chi connectivity index (χ0n) is 17.1. The highest BCUT2D eigenvalue weighted by Gasteiger charge is 2.44. The van der Waals surface area contributed by atoms with Crippen LogP contribution in [-0.2, 0) is 24.3 Å². The number of imide groups is 1. The first kappa shape index (κ1) is 25.5. The number of ether oxygens (including phenoxy) is 1. The lowest BCUT2D eigenvalue weighted by molar-refractivity contribution is -0.151. The second kappa shape index (κ2) is 9.83. The third kappa shape index (κ3) is 6.64. The van der Waals surface area contributed by atoms with Gasteiger partial charge in [0.15, 0.2) is 6.61 Å². The first-order valence-corrected chi connectivity index (χ1v) is 10.7. The van der Waals surface area contributed by atoms with Crippen LogP contribution in [0.4, 0.5) is 18.0 Å². The summed E-state index contributed by atoms with van der Waals surface area (Å²) in [7, 11) is -4.18. The number of benzene rings is 1. The van der Waals surface area contributed by atoms with Gasteiger partial charge in [0.2, 0.25) is 10.0 Å². The average Bonchev–Trinajstić information content (AvgIpc) is 3.08. The number of aliphatic hydroxyl groups excluding tert-OH is 1. The molecular weight excluding hydrogens is 459 g/mol.